The number of carbonyl (C=O) groups is 2. The summed E-state index contributed by atoms with van der Waals surface area (Å²) >= 11 is 0. The molecule has 0 saturated carbocycles. The van der Waals surface area contributed by atoms with Crippen LogP contribution in [0.2, 0.25) is 0 Å². The molecule has 4 nitrogen and oxygen atoms in total. The SMILES string of the molecule is COc1ccccc1/C=C/C(=O)CC(=O)O. The molecule has 1 aromatic carbocycles. The maximum atomic E-state index is 11.1. The van der Waals surface area contributed by atoms with Crippen LogP contribution in [0, 0.1) is 0 Å². The Labute approximate surface area is 93.2 Å². The summed E-state index contributed by atoms with van der Waals surface area (Å²) in [7, 11) is 1.53. The van der Waals surface area contributed by atoms with E-state index in [0.29, 0.717) is 5.75 Å². The Morgan fingerprint density at radius 1 is 1.38 bits per heavy atom. The number of benzene rings is 1. The van der Waals surface area contributed by atoms with Gasteiger partial charge in [0.05, 0.1) is 7.11 Å². The molecule has 1 N–H and O–H groups in total. The Balaban J connectivity index is 2.76. The van der Waals surface area contributed by atoms with E-state index in [1.54, 1.807) is 18.2 Å². The van der Waals surface area contributed by atoms with Crippen LogP contribution >= 0.6 is 0 Å². The van der Waals surface area contributed by atoms with Crippen molar-refractivity contribution in [3.05, 3.63) is 35.9 Å². The van der Waals surface area contributed by atoms with Gasteiger partial charge in [-0.2, -0.15) is 0 Å². The zero-order valence-corrected chi connectivity index (χ0v) is 8.84. The number of carboxylic acid groups (broad SMARTS) is 1. The lowest BCUT2D eigenvalue weighted by atomic mass is 10.1. The standard InChI is InChI=1S/C12H12O4/c1-16-11-5-3-2-4-9(11)6-7-10(13)8-12(14)15/h2-7H,8H2,1H3,(H,14,15)/b7-6+. The van der Waals surface area contributed by atoms with Crippen LogP contribution < -0.4 is 4.74 Å². The van der Waals surface area contributed by atoms with E-state index in [4.69, 9.17) is 9.84 Å². The van der Waals surface area contributed by atoms with E-state index >= 15 is 0 Å². The number of aliphatic carboxylic acids is 1. The van der Waals surface area contributed by atoms with Gasteiger partial charge in [0, 0.05) is 5.56 Å². The molecule has 0 aliphatic rings. The van der Waals surface area contributed by atoms with Crippen molar-refractivity contribution in [2.24, 2.45) is 0 Å². The van der Waals surface area contributed by atoms with Crippen molar-refractivity contribution in [3.63, 3.8) is 0 Å². The largest absolute Gasteiger partial charge is 0.496 e. The first-order chi connectivity index (χ1) is 7.63. The average Bonchev–Trinajstić information content (AvgIpc) is 2.26. The number of allylic oxidation sites excluding steroid dienone is 1. The number of ether oxygens (including phenoxy) is 1. The van der Waals surface area contributed by atoms with Gasteiger partial charge in [0.25, 0.3) is 0 Å². The molecule has 0 aliphatic heterocycles. The molecule has 1 aromatic rings. The molecule has 0 saturated heterocycles. The summed E-state index contributed by atoms with van der Waals surface area (Å²) < 4.78 is 5.08. The topological polar surface area (TPSA) is 63.6 Å². The molecule has 0 spiro atoms. The third-order valence-corrected chi connectivity index (χ3v) is 1.91. The first-order valence-corrected chi connectivity index (χ1v) is 4.69. The Hall–Kier alpha value is -2.10. The highest BCUT2D eigenvalue weighted by molar-refractivity contribution is 6.03. The van der Waals surface area contributed by atoms with Gasteiger partial charge in [-0.15, -0.1) is 0 Å². The Morgan fingerprint density at radius 2 is 2.06 bits per heavy atom. The van der Waals surface area contributed by atoms with E-state index in [1.165, 1.54) is 13.2 Å². The third-order valence-electron chi connectivity index (χ3n) is 1.91. The number of ketones is 1. The zero-order chi connectivity index (χ0) is 12.0. The molecule has 0 fully saturated rings. The van der Waals surface area contributed by atoms with Gasteiger partial charge in [0.1, 0.15) is 12.2 Å². The van der Waals surface area contributed by atoms with Crippen molar-refractivity contribution >= 4 is 17.8 Å². The molecule has 0 aromatic heterocycles. The van der Waals surface area contributed by atoms with E-state index < -0.39 is 18.2 Å². The van der Waals surface area contributed by atoms with Gasteiger partial charge in [0.15, 0.2) is 5.78 Å². The van der Waals surface area contributed by atoms with Crippen LogP contribution in [0.15, 0.2) is 30.3 Å². The quantitative estimate of drug-likeness (QED) is 0.606. The molecule has 0 aliphatic carbocycles. The van der Waals surface area contributed by atoms with Gasteiger partial charge in [-0.3, -0.25) is 9.59 Å². The van der Waals surface area contributed by atoms with Crippen LogP contribution in [0.4, 0.5) is 0 Å². The van der Waals surface area contributed by atoms with Crippen molar-refractivity contribution in [1.29, 1.82) is 0 Å². The van der Waals surface area contributed by atoms with Gasteiger partial charge in [0.2, 0.25) is 0 Å². The fourth-order valence-corrected chi connectivity index (χ4v) is 1.19. The first kappa shape index (κ1) is 12.0. The average molecular weight is 220 g/mol. The molecule has 0 atom stereocenters. The van der Waals surface area contributed by atoms with Crippen molar-refractivity contribution in [3.8, 4) is 5.75 Å². The highest BCUT2D eigenvalue weighted by Gasteiger charge is 2.04. The summed E-state index contributed by atoms with van der Waals surface area (Å²) in [4.78, 5) is 21.4. The summed E-state index contributed by atoms with van der Waals surface area (Å²) in [5.74, 6) is -0.935. The summed E-state index contributed by atoms with van der Waals surface area (Å²) in [5, 5.41) is 8.40. The molecule has 84 valence electrons. The van der Waals surface area contributed by atoms with Crippen LogP contribution in [0.25, 0.3) is 6.08 Å². The lowest BCUT2D eigenvalue weighted by Crippen LogP contribution is -2.03. The second-order valence-electron chi connectivity index (χ2n) is 3.11. The molecule has 1 rings (SSSR count). The summed E-state index contributed by atoms with van der Waals surface area (Å²) in [6.07, 6.45) is 2.29. The molecule has 0 amide bonds. The molecular formula is C12H12O4. The van der Waals surface area contributed by atoms with E-state index in [0.717, 1.165) is 5.56 Å². The maximum absolute atomic E-state index is 11.1. The Morgan fingerprint density at radius 3 is 2.69 bits per heavy atom. The van der Waals surface area contributed by atoms with Crippen LogP contribution in [0.5, 0.6) is 5.75 Å². The molecular weight excluding hydrogens is 208 g/mol. The predicted octanol–water partition coefficient (Wildman–Crippen LogP) is 1.75. The summed E-state index contributed by atoms with van der Waals surface area (Å²) in [6, 6.07) is 7.17. The normalized spacial score (nSPS) is 10.3. The molecule has 0 radical (unpaired) electrons. The Bertz CT molecular complexity index is 421. The fourth-order valence-electron chi connectivity index (χ4n) is 1.19. The van der Waals surface area contributed by atoms with Gasteiger partial charge in [-0.05, 0) is 18.2 Å². The van der Waals surface area contributed by atoms with E-state index in [2.05, 4.69) is 0 Å². The van der Waals surface area contributed by atoms with Crippen molar-refractivity contribution in [2.45, 2.75) is 6.42 Å². The number of hydrogen-bond acceptors (Lipinski definition) is 3. The smallest absolute Gasteiger partial charge is 0.311 e. The van der Waals surface area contributed by atoms with Gasteiger partial charge in [-0.1, -0.05) is 18.2 Å². The van der Waals surface area contributed by atoms with Gasteiger partial charge >= 0.3 is 5.97 Å². The number of carboxylic acids is 1. The summed E-state index contributed by atoms with van der Waals surface area (Å²) in [5.41, 5.74) is 0.740. The lowest BCUT2D eigenvalue weighted by Gasteiger charge is -2.02. The number of para-hydroxylation sites is 1. The van der Waals surface area contributed by atoms with Crippen LogP contribution in [-0.4, -0.2) is 24.0 Å². The highest BCUT2D eigenvalue weighted by atomic mass is 16.5. The number of methoxy groups -OCH3 is 1. The van der Waals surface area contributed by atoms with E-state index in [9.17, 15) is 9.59 Å². The second kappa shape index (κ2) is 5.70. The summed E-state index contributed by atoms with van der Waals surface area (Å²) in [6.45, 7) is 0. The maximum Gasteiger partial charge on any atom is 0.311 e. The van der Waals surface area contributed by atoms with Crippen LogP contribution in [0.3, 0.4) is 0 Å². The molecule has 0 heterocycles. The highest BCUT2D eigenvalue weighted by Crippen LogP contribution is 2.18. The van der Waals surface area contributed by atoms with Gasteiger partial charge in [-0.25, -0.2) is 0 Å². The molecule has 4 heteroatoms. The number of carbonyl (C=O) groups excluding carboxylic acids is 1. The van der Waals surface area contributed by atoms with Crippen molar-refractivity contribution in [1.82, 2.24) is 0 Å². The lowest BCUT2D eigenvalue weighted by molar-refractivity contribution is -0.139. The molecule has 16 heavy (non-hydrogen) atoms. The fraction of sp³-hybridized carbons (Fsp3) is 0.167. The zero-order valence-electron chi connectivity index (χ0n) is 8.84. The third kappa shape index (κ3) is 3.57. The van der Waals surface area contributed by atoms with Crippen molar-refractivity contribution < 1.29 is 19.4 Å². The minimum Gasteiger partial charge on any atom is -0.496 e. The predicted molar refractivity (Wildman–Crippen MR) is 59.3 cm³/mol. The van der Waals surface area contributed by atoms with E-state index in [1.807, 2.05) is 12.1 Å². The van der Waals surface area contributed by atoms with Crippen LogP contribution in [-0.2, 0) is 9.59 Å². The second-order valence-corrected chi connectivity index (χ2v) is 3.11. The Kier molecular flexibility index (Phi) is 4.27. The molecule has 0 bridgehead atoms. The number of rotatable bonds is 5. The minimum atomic E-state index is -1.13. The van der Waals surface area contributed by atoms with Gasteiger partial charge < -0.3 is 9.84 Å². The first-order valence-electron chi connectivity index (χ1n) is 4.69. The van der Waals surface area contributed by atoms with E-state index in [-0.39, 0.29) is 0 Å². The number of hydrogen-bond donors (Lipinski definition) is 1. The molecule has 0 unspecified atom stereocenters. The minimum absolute atomic E-state index is 0.446. The van der Waals surface area contributed by atoms with Crippen molar-refractivity contribution in [2.75, 3.05) is 7.11 Å². The monoisotopic (exact) mass is 220 g/mol. The van der Waals surface area contributed by atoms with Crippen LogP contribution in [0.1, 0.15) is 12.0 Å².